The summed E-state index contributed by atoms with van der Waals surface area (Å²) in [6, 6.07) is 5.73. The third-order valence-electron chi connectivity index (χ3n) is 1.76. The molecule has 0 unspecified atom stereocenters. The summed E-state index contributed by atoms with van der Waals surface area (Å²) < 4.78 is 12.9. The van der Waals surface area contributed by atoms with Crippen molar-refractivity contribution in [3.63, 3.8) is 0 Å². The fourth-order valence-electron chi connectivity index (χ4n) is 1.02. The van der Waals surface area contributed by atoms with Gasteiger partial charge in [0.1, 0.15) is 11.9 Å². The van der Waals surface area contributed by atoms with Gasteiger partial charge >= 0.3 is 0 Å². The first-order chi connectivity index (χ1) is 6.72. The van der Waals surface area contributed by atoms with E-state index < -0.39 is 5.82 Å². The number of halogens is 1. The van der Waals surface area contributed by atoms with Gasteiger partial charge in [-0.25, -0.2) is 4.39 Å². The summed E-state index contributed by atoms with van der Waals surface area (Å²) >= 11 is 0. The molecule has 4 heteroatoms. The van der Waals surface area contributed by atoms with Crippen molar-refractivity contribution in [2.45, 2.75) is 0 Å². The number of nitrogens with one attached hydrogen (secondary N) is 1. The molecular weight excluding hydrogens is 181 g/mol. The minimum absolute atomic E-state index is 0.0521. The molecule has 0 bridgehead atoms. The second-order valence-electron chi connectivity index (χ2n) is 2.57. The number of nitrogens with zero attached hydrogens (tertiary/aromatic N) is 1. The van der Waals surface area contributed by atoms with Crippen molar-refractivity contribution in [2.75, 3.05) is 0 Å². The molecule has 0 saturated carbocycles. The van der Waals surface area contributed by atoms with Crippen LogP contribution in [0.25, 0.3) is 5.57 Å². The molecule has 3 nitrogen and oxygen atoms in total. The van der Waals surface area contributed by atoms with E-state index in [4.69, 9.17) is 16.4 Å². The van der Waals surface area contributed by atoms with Gasteiger partial charge in [-0.1, -0.05) is 6.07 Å². The first-order valence-corrected chi connectivity index (χ1v) is 3.85. The van der Waals surface area contributed by atoms with Crippen LogP contribution in [0, 0.1) is 22.6 Å². The van der Waals surface area contributed by atoms with Crippen molar-refractivity contribution in [2.24, 2.45) is 5.73 Å². The van der Waals surface area contributed by atoms with Gasteiger partial charge in [-0.2, -0.15) is 5.26 Å². The lowest BCUT2D eigenvalue weighted by atomic mass is 10.0. The SMILES string of the molecule is N#Cc1cc(/C(C=N)=C/N)ccc1F. The lowest BCUT2D eigenvalue weighted by Gasteiger charge is -2.01. The monoisotopic (exact) mass is 189 g/mol. The number of nitriles is 1. The highest BCUT2D eigenvalue weighted by molar-refractivity contribution is 6.08. The van der Waals surface area contributed by atoms with E-state index >= 15 is 0 Å². The minimum atomic E-state index is -0.572. The molecule has 0 aliphatic carbocycles. The zero-order valence-corrected chi connectivity index (χ0v) is 7.29. The van der Waals surface area contributed by atoms with Crippen LogP contribution in [0.1, 0.15) is 11.1 Å². The molecule has 0 aliphatic heterocycles. The number of hydrogen-bond donors (Lipinski definition) is 2. The molecule has 1 aromatic rings. The lowest BCUT2D eigenvalue weighted by Crippen LogP contribution is -1.93. The van der Waals surface area contributed by atoms with Gasteiger partial charge in [0.2, 0.25) is 0 Å². The van der Waals surface area contributed by atoms with Crippen molar-refractivity contribution in [1.29, 1.82) is 10.7 Å². The van der Waals surface area contributed by atoms with Crippen LogP contribution in [0.3, 0.4) is 0 Å². The number of benzene rings is 1. The van der Waals surface area contributed by atoms with E-state index in [1.807, 2.05) is 0 Å². The summed E-state index contributed by atoms with van der Waals surface area (Å²) in [5, 5.41) is 15.6. The average molecular weight is 189 g/mol. The Morgan fingerprint density at radius 2 is 2.29 bits per heavy atom. The third kappa shape index (κ3) is 1.77. The van der Waals surface area contributed by atoms with Gasteiger partial charge in [0.05, 0.1) is 5.56 Å². The number of nitrogens with two attached hydrogens (primary N) is 1. The van der Waals surface area contributed by atoms with E-state index in [0.29, 0.717) is 11.1 Å². The maximum atomic E-state index is 12.9. The highest BCUT2D eigenvalue weighted by atomic mass is 19.1. The molecule has 1 aromatic carbocycles. The Hall–Kier alpha value is -2.15. The summed E-state index contributed by atoms with van der Waals surface area (Å²) in [6.45, 7) is 0. The highest BCUT2D eigenvalue weighted by Crippen LogP contribution is 2.15. The summed E-state index contributed by atoms with van der Waals surface area (Å²) in [7, 11) is 0. The van der Waals surface area contributed by atoms with Crippen molar-refractivity contribution in [3.8, 4) is 6.07 Å². The Balaban J connectivity index is 3.27. The maximum absolute atomic E-state index is 12.9. The number of rotatable bonds is 2. The molecule has 0 saturated heterocycles. The molecule has 0 atom stereocenters. The van der Waals surface area contributed by atoms with Crippen LogP contribution < -0.4 is 5.73 Å². The molecule has 0 aromatic heterocycles. The molecular formula is C10H8FN3. The fraction of sp³-hybridized carbons (Fsp3) is 0. The van der Waals surface area contributed by atoms with E-state index in [1.54, 1.807) is 6.07 Å². The van der Waals surface area contributed by atoms with Crippen LogP contribution in [-0.2, 0) is 0 Å². The molecule has 0 aliphatic rings. The van der Waals surface area contributed by atoms with Crippen LogP contribution in [0.15, 0.2) is 24.4 Å². The average Bonchev–Trinajstić information content (AvgIpc) is 2.22. The zero-order chi connectivity index (χ0) is 10.6. The van der Waals surface area contributed by atoms with Gasteiger partial charge in [-0.05, 0) is 17.7 Å². The van der Waals surface area contributed by atoms with E-state index in [-0.39, 0.29) is 5.56 Å². The van der Waals surface area contributed by atoms with Crippen LogP contribution in [0.5, 0.6) is 0 Å². The fourth-order valence-corrected chi connectivity index (χ4v) is 1.02. The summed E-state index contributed by atoms with van der Waals surface area (Å²) in [6.07, 6.45) is 2.29. The standard InChI is InChI=1S/C10H8FN3/c11-10-2-1-7(3-8(10)4-12)9(5-13)6-14/h1-3,5-6,13H,14H2/b9-6+,13-5?. The predicted molar refractivity (Wildman–Crippen MR) is 52.1 cm³/mol. The highest BCUT2D eigenvalue weighted by Gasteiger charge is 2.04. The second kappa shape index (κ2) is 4.19. The first kappa shape index (κ1) is 9.93. The molecule has 0 amide bonds. The Morgan fingerprint density at radius 1 is 1.57 bits per heavy atom. The lowest BCUT2D eigenvalue weighted by molar-refractivity contribution is 0.624. The van der Waals surface area contributed by atoms with E-state index in [0.717, 1.165) is 6.21 Å². The van der Waals surface area contributed by atoms with Gasteiger partial charge in [0.25, 0.3) is 0 Å². The van der Waals surface area contributed by atoms with Crippen LogP contribution in [0.4, 0.5) is 4.39 Å². The Labute approximate surface area is 80.8 Å². The summed E-state index contributed by atoms with van der Waals surface area (Å²) in [5.74, 6) is -0.572. The van der Waals surface area contributed by atoms with Crippen LogP contribution in [0.2, 0.25) is 0 Å². The second-order valence-corrected chi connectivity index (χ2v) is 2.57. The van der Waals surface area contributed by atoms with Crippen molar-refractivity contribution in [3.05, 3.63) is 41.3 Å². The maximum Gasteiger partial charge on any atom is 0.140 e. The Kier molecular flexibility index (Phi) is 2.97. The number of hydrogen-bond acceptors (Lipinski definition) is 3. The number of allylic oxidation sites excluding steroid dienone is 1. The topological polar surface area (TPSA) is 73.7 Å². The van der Waals surface area contributed by atoms with Gasteiger partial charge in [-0.3, -0.25) is 0 Å². The minimum Gasteiger partial charge on any atom is -0.404 e. The van der Waals surface area contributed by atoms with E-state index in [2.05, 4.69) is 0 Å². The molecule has 0 heterocycles. The van der Waals surface area contributed by atoms with Gasteiger partial charge in [-0.15, -0.1) is 0 Å². The van der Waals surface area contributed by atoms with Gasteiger partial charge < -0.3 is 11.1 Å². The Bertz CT molecular complexity index is 429. The Morgan fingerprint density at radius 3 is 2.79 bits per heavy atom. The van der Waals surface area contributed by atoms with Crippen LogP contribution in [-0.4, -0.2) is 6.21 Å². The molecule has 1 rings (SSSR count). The third-order valence-corrected chi connectivity index (χ3v) is 1.76. The smallest absolute Gasteiger partial charge is 0.140 e. The molecule has 0 spiro atoms. The van der Waals surface area contributed by atoms with Crippen molar-refractivity contribution in [1.82, 2.24) is 0 Å². The van der Waals surface area contributed by atoms with Crippen molar-refractivity contribution < 1.29 is 4.39 Å². The van der Waals surface area contributed by atoms with Crippen LogP contribution >= 0.6 is 0 Å². The van der Waals surface area contributed by atoms with Crippen molar-refractivity contribution >= 4 is 11.8 Å². The molecule has 0 radical (unpaired) electrons. The molecule has 70 valence electrons. The van der Waals surface area contributed by atoms with E-state index in [9.17, 15) is 4.39 Å². The zero-order valence-electron chi connectivity index (χ0n) is 7.29. The summed E-state index contributed by atoms with van der Waals surface area (Å²) in [5.41, 5.74) is 6.20. The molecule has 3 N–H and O–H groups in total. The normalized spacial score (nSPS) is 10.7. The first-order valence-electron chi connectivity index (χ1n) is 3.85. The molecule has 14 heavy (non-hydrogen) atoms. The molecule has 0 fully saturated rings. The van der Waals surface area contributed by atoms with Gasteiger partial charge in [0, 0.05) is 18.0 Å². The quantitative estimate of drug-likeness (QED) is 0.694. The predicted octanol–water partition coefficient (Wildman–Crippen LogP) is 1.65. The summed E-state index contributed by atoms with van der Waals surface area (Å²) in [4.78, 5) is 0. The largest absolute Gasteiger partial charge is 0.404 e. The van der Waals surface area contributed by atoms with E-state index in [1.165, 1.54) is 24.4 Å². The van der Waals surface area contributed by atoms with Gasteiger partial charge in [0.15, 0.2) is 0 Å².